The fourth-order valence-corrected chi connectivity index (χ4v) is 6.41. The highest BCUT2D eigenvalue weighted by Crippen LogP contribution is 2.50. The van der Waals surface area contributed by atoms with E-state index in [2.05, 4.69) is 27.7 Å². The minimum Gasteiger partial charge on any atom is -0.502 e. The molecule has 1 aromatic rings. The third kappa shape index (κ3) is 20.1. The molecule has 0 saturated carbocycles. The van der Waals surface area contributed by atoms with Crippen molar-refractivity contribution in [1.29, 1.82) is 0 Å². The summed E-state index contributed by atoms with van der Waals surface area (Å²) in [5.74, 6) is 0.703. The number of aromatic hydroxyl groups is 1. The molecule has 1 rings (SSSR count). The smallest absolute Gasteiger partial charge is 0.502 e. The van der Waals surface area contributed by atoms with Gasteiger partial charge >= 0.3 is 6.16 Å². The number of rotatable bonds is 33. The molecule has 0 amide bonds. The van der Waals surface area contributed by atoms with E-state index >= 15 is 0 Å². The van der Waals surface area contributed by atoms with Crippen molar-refractivity contribution < 1.29 is 29.2 Å². The van der Waals surface area contributed by atoms with E-state index in [9.17, 15) is 15.0 Å². The maximum absolute atomic E-state index is 11.9. The topological polar surface area (TPSA) is 85.2 Å². The van der Waals surface area contributed by atoms with Crippen LogP contribution < -0.4 is 14.2 Å². The maximum Gasteiger partial charge on any atom is 0.511 e. The molecular weight excluding hydrogens is 588 g/mol. The monoisotopic (exact) mass is 663 g/mol. The first-order valence-electron chi connectivity index (χ1n) is 20.1. The lowest BCUT2D eigenvalue weighted by Gasteiger charge is -2.23. The summed E-state index contributed by atoms with van der Waals surface area (Å²) in [6, 6.07) is 0. The maximum atomic E-state index is 11.9. The van der Waals surface area contributed by atoms with Crippen LogP contribution in [0, 0.1) is 0 Å². The van der Waals surface area contributed by atoms with E-state index in [1.165, 1.54) is 109 Å². The average molecular weight is 663 g/mol. The summed E-state index contributed by atoms with van der Waals surface area (Å²) in [6.07, 6.45) is 30.2. The van der Waals surface area contributed by atoms with Crippen molar-refractivity contribution in [2.45, 2.75) is 207 Å². The highest BCUT2D eigenvalue weighted by atomic mass is 16.7. The van der Waals surface area contributed by atoms with Gasteiger partial charge in [0.2, 0.25) is 11.5 Å². The number of hydrogen-bond acceptors (Lipinski definition) is 5. The molecule has 274 valence electrons. The Morgan fingerprint density at radius 1 is 0.447 bits per heavy atom. The number of unbranched alkanes of at least 4 members (excludes halogenated alkanes) is 22. The highest BCUT2D eigenvalue weighted by Gasteiger charge is 2.28. The molecule has 0 aliphatic heterocycles. The van der Waals surface area contributed by atoms with Crippen molar-refractivity contribution >= 4 is 6.16 Å². The molecule has 0 aliphatic rings. The first-order chi connectivity index (χ1) is 23.0. The van der Waals surface area contributed by atoms with Crippen molar-refractivity contribution in [3.63, 3.8) is 0 Å². The van der Waals surface area contributed by atoms with Crippen molar-refractivity contribution in [2.75, 3.05) is 13.2 Å². The highest BCUT2D eigenvalue weighted by molar-refractivity contribution is 5.71. The predicted molar refractivity (Wildman–Crippen MR) is 198 cm³/mol. The van der Waals surface area contributed by atoms with Gasteiger partial charge in [-0.3, -0.25) is 0 Å². The zero-order chi connectivity index (χ0) is 34.4. The van der Waals surface area contributed by atoms with Crippen LogP contribution in [0.1, 0.15) is 206 Å². The predicted octanol–water partition coefficient (Wildman–Crippen LogP) is 13.5. The molecule has 0 atom stereocenters. The zero-order valence-electron chi connectivity index (χ0n) is 31.2. The molecule has 0 radical (unpaired) electrons. The summed E-state index contributed by atoms with van der Waals surface area (Å²) in [4.78, 5) is 11.9. The minimum atomic E-state index is -1.41. The van der Waals surface area contributed by atoms with Crippen LogP contribution in [-0.2, 0) is 12.8 Å². The van der Waals surface area contributed by atoms with Gasteiger partial charge in [0.25, 0.3) is 0 Å². The molecule has 0 fully saturated rings. The quantitative estimate of drug-likeness (QED) is 0.0442. The van der Waals surface area contributed by atoms with Gasteiger partial charge in [-0.2, -0.15) is 0 Å². The number of phenolic OH excluding ortho intramolecular Hbond substituents is 1. The lowest BCUT2D eigenvalue weighted by Crippen LogP contribution is -2.12. The molecule has 0 aliphatic carbocycles. The van der Waals surface area contributed by atoms with Gasteiger partial charge in [-0.1, -0.05) is 169 Å². The van der Waals surface area contributed by atoms with Gasteiger partial charge in [0.05, 0.1) is 13.2 Å². The summed E-state index contributed by atoms with van der Waals surface area (Å²) in [5.41, 5.74) is 1.76. The third-order valence-electron chi connectivity index (χ3n) is 9.29. The number of carboxylic acid groups (broad SMARTS) is 1. The Balaban J connectivity index is 3.33. The normalized spacial score (nSPS) is 11.2. The van der Waals surface area contributed by atoms with Gasteiger partial charge in [-0.05, 0) is 38.5 Å². The molecule has 0 bridgehead atoms. The van der Waals surface area contributed by atoms with Crippen LogP contribution in [0.5, 0.6) is 23.0 Å². The summed E-state index contributed by atoms with van der Waals surface area (Å²) < 4.78 is 18.2. The van der Waals surface area contributed by atoms with Crippen molar-refractivity contribution in [3.8, 4) is 23.0 Å². The van der Waals surface area contributed by atoms with E-state index in [4.69, 9.17) is 14.2 Å². The van der Waals surface area contributed by atoms with E-state index in [1.807, 2.05) is 0 Å². The zero-order valence-corrected chi connectivity index (χ0v) is 31.2. The van der Waals surface area contributed by atoms with Crippen LogP contribution in [0.25, 0.3) is 0 Å². The second-order valence-corrected chi connectivity index (χ2v) is 13.6. The number of ether oxygens (including phenoxy) is 3. The van der Waals surface area contributed by atoms with Gasteiger partial charge in [0, 0.05) is 11.1 Å². The Morgan fingerprint density at radius 2 is 0.766 bits per heavy atom. The number of benzene rings is 1. The second kappa shape index (κ2) is 30.0. The molecule has 0 unspecified atom stereocenters. The van der Waals surface area contributed by atoms with Gasteiger partial charge in [0.15, 0.2) is 11.5 Å². The molecule has 1 aromatic carbocycles. The van der Waals surface area contributed by atoms with Crippen LogP contribution in [0.3, 0.4) is 0 Å². The van der Waals surface area contributed by atoms with Crippen molar-refractivity contribution in [2.24, 2.45) is 0 Å². The molecule has 47 heavy (non-hydrogen) atoms. The first kappa shape index (κ1) is 42.9. The standard InChI is InChI=1S/C41H74O6/c1-5-9-13-17-21-23-27-31-35-36(32-28-24-22-18-14-10-6-2)39(45-33-29-25-19-15-11-7-3)40(37(42)38(35)47-41(43)44)46-34-30-26-20-16-12-8-4/h42H,5-34H2,1-4H3,(H,43,44). The molecular formula is C41H74O6. The van der Waals surface area contributed by atoms with E-state index < -0.39 is 6.16 Å². The Kier molecular flexibility index (Phi) is 27.4. The van der Waals surface area contributed by atoms with Crippen molar-refractivity contribution in [1.82, 2.24) is 0 Å². The second-order valence-electron chi connectivity index (χ2n) is 13.6. The third-order valence-corrected chi connectivity index (χ3v) is 9.29. The first-order valence-corrected chi connectivity index (χ1v) is 20.1. The molecule has 6 heteroatoms. The fraction of sp³-hybridized carbons (Fsp3) is 0.829. The van der Waals surface area contributed by atoms with Crippen LogP contribution >= 0.6 is 0 Å². The van der Waals surface area contributed by atoms with Gasteiger partial charge in [0.1, 0.15) is 0 Å². The van der Waals surface area contributed by atoms with E-state index in [0.717, 1.165) is 75.3 Å². The van der Waals surface area contributed by atoms with Crippen LogP contribution in [-0.4, -0.2) is 29.6 Å². The summed E-state index contributed by atoms with van der Waals surface area (Å²) >= 11 is 0. The van der Waals surface area contributed by atoms with E-state index in [0.29, 0.717) is 25.4 Å². The molecule has 0 aromatic heterocycles. The Morgan fingerprint density at radius 3 is 1.15 bits per heavy atom. The summed E-state index contributed by atoms with van der Waals surface area (Å²) in [7, 11) is 0. The lowest BCUT2D eigenvalue weighted by atomic mass is 9.93. The molecule has 0 spiro atoms. The molecule has 0 heterocycles. The van der Waals surface area contributed by atoms with Gasteiger partial charge in [-0.15, -0.1) is 0 Å². The summed E-state index contributed by atoms with van der Waals surface area (Å²) in [5, 5.41) is 21.3. The molecule has 0 saturated heterocycles. The molecule has 6 nitrogen and oxygen atoms in total. The fourth-order valence-electron chi connectivity index (χ4n) is 6.41. The van der Waals surface area contributed by atoms with Crippen LogP contribution in [0.15, 0.2) is 0 Å². The molecule has 2 N–H and O–H groups in total. The van der Waals surface area contributed by atoms with E-state index in [-0.39, 0.29) is 17.2 Å². The van der Waals surface area contributed by atoms with Crippen LogP contribution in [0.2, 0.25) is 0 Å². The number of hydrogen-bond donors (Lipinski definition) is 2. The SMILES string of the molecule is CCCCCCCCCc1c(CCCCCCCCC)c(OCCCCCCCC)c(OCCCCCCCC)c(O)c1OC(=O)O. The Labute approximate surface area is 289 Å². The number of carbonyl (C=O) groups is 1. The van der Waals surface area contributed by atoms with Gasteiger partial charge < -0.3 is 24.4 Å². The lowest BCUT2D eigenvalue weighted by molar-refractivity contribution is 0.141. The Hall–Kier alpha value is -2.11. The summed E-state index contributed by atoms with van der Waals surface area (Å²) in [6.45, 7) is 9.93. The van der Waals surface area contributed by atoms with Crippen molar-refractivity contribution in [3.05, 3.63) is 11.1 Å². The number of phenols is 1. The van der Waals surface area contributed by atoms with E-state index in [1.54, 1.807) is 0 Å². The minimum absolute atomic E-state index is 0.0475. The average Bonchev–Trinajstić information content (AvgIpc) is 3.06. The van der Waals surface area contributed by atoms with Gasteiger partial charge in [-0.25, -0.2) is 4.79 Å². The van der Waals surface area contributed by atoms with Crippen LogP contribution in [0.4, 0.5) is 4.79 Å². The largest absolute Gasteiger partial charge is 0.511 e. The Bertz CT molecular complexity index is 899.